The summed E-state index contributed by atoms with van der Waals surface area (Å²) in [5.74, 6) is 0.427. The molecule has 3 nitrogen and oxygen atoms in total. The van der Waals surface area contributed by atoms with Crippen molar-refractivity contribution < 1.29 is 14.3 Å². The van der Waals surface area contributed by atoms with Crippen LogP contribution in [0.2, 0.25) is 18.1 Å². The van der Waals surface area contributed by atoms with E-state index < -0.39 is 8.32 Å². The topological polar surface area (TPSA) is 42.0 Å². The largest absolute Gasteiger partial charge is 0.413 e. The smallest absolute Gasteiger partial charge is 0.192 e. The molecule has 0 aromatic carbocycles. The van der Waals surface area contributed by atoms with Crippen molar-refractivity contribution in [2.24, 2.45) is 5.92 Å². The van der Waals surface area contributed by atoms with Crippen LogP contribution in [0.5, 0.6) is 0 Å². The van der Waals surface area contributed by atoms with Gasteiger partial charge in [-0.1, -0.05) is 46.8 Å². The first-order valence-electron chi connectivity index (χ1n) is 9.03. The zero-order chi connectivity index (χ0) is 16.8. The van der Waals surface area contributed by atoms with E-state index >= 15 is 0 Å². The molecule has 22 heavy (non-hydrogen) atoms. The minimum atomic E-state index is -1.54. The summed E-state index contributed by atoms with van der Waals surface area (Å²) in [5, 5.41) is 9.12. The summed E-state index contributed by atoms with van der Waals surface area (Å²) < 4.78 is 12.2. The normalized spacial score (nSPS) is 28.0. The number of epoxide rings is 1. The Morgan fingerprint density at radius 2 is 1.82 bits per heavy atom. The molecule has 4 atom stereocenters. The van der Waals surface area contributed by atoms with Gasteiger partial charge in [-0.25, -0.2) is 0 Å². The van der Waals surface area contributed by atoms with Gasteiger partial charge in [0.2, 0.25) is 0 Å². The molecule has 1 saturated heterocycles. The summed E-state index contributed by atoms with van der Waals surface area (Å²) in [6.45, 7) is 13.5. The van der Waals surface area contributed by atoms with Crippen LogP contribution in [0.3, 0.4) is 0 Å². The lowest BCUT2D eigenvalue weighted by atomic mass is 9.99. The Kier molecular flexibility index (Phi) is 7.79. The highest BCUT2D eigenvalue weighted by Crippen LogP contribution is 2.39. The Morgan fingerprint density at radius 1 is 1.23 bits per heavy atom. The Hall–Kier alpha value is -0.163. The van der Waals surface area contributed by atoms with Gasteiger partial charge in [-0.2, -0.15) is 0 Å². The Labute approximate surface area is 138 Å². The van der Waals surface area contributed by atoms with Gasteiger partial charge in [-0.05, 0) is 43.8 Å². The molecule has 1 aliphatic heterocycles. The summed E-state index contributed by atoms with van der Waals surface area (Å²) in [6.07, 6.45) is 6.76. The van der Waals surface area contributed by atoms with Gasteiger partial charge in [0, 0.05) is 0 Å². The third-order valence-corrected chi connectivity index (χ3v) is 10.2. The lowest BCUT2D eigenvalue weighted by molar-refractivity contribution is 0.146. The van der Waals surface area contributed by atoms with Crippen LogP contribution in [-0.2, 0) is 9.16 Å². The monoisotopic (exact) mass is 328 g/mol. The van der Waals surface area contributed by atoms with Crippen molar-refractivity contribution in [2.45, 2.75) is 90.3 Å². The third kappa shape index (κ3) is 4.92. The van der Waals surface area contributed by atoms with Crippen LogP contribution in [0.15, 0.2) is 12.2 Å². The van der Waals surface area contributed by atoms with Gasteiger partial charge >= 0.3 is 0 Å². The standard InChI is InChI=1S/C18H36O3Si/c1-7-16(21-22(8-2,9-3)10-4)15(5)12-11-13-18(6)17(14-19)20-18/h11-12,15-17,19H,7-10,13-14H2,1-6H3. The molecule has 0 saturated carbocycles. The van der Waals surface area contributed by atoms with Crippen LogP contribution in [0.4, 0.5) is 0 Å². The first-order valence-corrected chi connectivity index (χ1v) is 11.6. The molecule has 0 radical (unpaired) electrons. The Bertz CT molecular complexity index is 346. The number of aliphatic hydroxyl groups is 1. The number of aliphatic hydroxyl groups excluding tert-OH is 1. The second-order valence-corrected chi connectivity index (χ2v) is 11.6. The second-order valence-electron chi connectivity index (χ2n) is 6.90. The summed E-state index contributed by atoms with van der Waals surface area (Å²) in [7, 11) is -1.54. The fraction of sp³-hybridized carbons (Fsp3) is 0.889. The third-order valence-electron chi connectivity index (χ3n) is 5.49. The van der Waals surface area contributed by atoms with Gasteiger partial charge in [-0.3, -0.25) is 0 Å². The van der Waals surface area contributed by atoms with E-state index in [2.05, 4.69) is 53.7 Å². The predicted molar refractivity (Wildman–Crippen MR) is 95.6 cm³/mol. The van der Waals surface area contributed by atoms with E-state index in [1.165, 1.54) is 18.1 Å². The van der Waals surface area contributed by atoms with Crippen LogP contribution in [-0.4, -0.2) is 37.8 Å². The van der Waals surface area contributed by atoms with Crippen LogP contribution in [0, 0.1) is 5.92 Å². The van der Waals surface area contributed by atoms with E-state index in [0.717, 1.165) is 12.8 Å². The lowest BCUT2D eigenvalue weighted by Gasteiger charge is -2.35. The first kappa shape index (κ1) is 19.9. The van der Waals surface area contributed by atoms with Crippen molar-refractivity contribution >= 4 is 8.32 Å². The number of hydrogen-bond donors (Lipinski definition) is 1. The van der Waals surface area contributed by atoms with Gasteiger partial charge in [-0.15, -0.1) is 0 Å². The summed E-state index contributed by atoms with van der Waals surface area (Å²) >= 11 is 0. The molecular formula is C18H36O3Si. The highest BCUT2D eigenvalue weighted by Gasteiger charge is 2.50. The average Bonchev–Trinajstić information content (AvgIpc) is 3.20. The molecule has 0 aromatic rings. The second kappa shape index (κ2) is 8.62. The van der Waals surface area contributed by atoms with E-state index in [4.69, 9.17) is 14.3 Å². The molecule has 4 unspecified atom stereocenters. The summed E-state index contributed by atoms with van der Waals surface area (Å²) in [6, 6.07) is 3.62. The molecular weight excluding hydrogens is 292 g/mol. The number of hydrogen-bond acceptors (Lipinski definition) is 3. The van der Waals surface area contributed by atoms with Crippen LogP contribution < -0.4 is 0 Å². The molecule has 1 fully saturated rings. The minimum Gasteiger partial charge on any atom is -0.413 e. The quantitative estimate of drug-likeness (QED) is 0.344. The van der Waals surface area contributed by atoms with Crippen molar-refractivity contribution in [3.8, 4) is 0 Å². The molecule has 0 bridgehead atoms. The van der Waals surface area contributed by atoms with Gasteiger partial charge < -0.3 is 14.3 Å². The van der Waals surface area contributed by atoms with Gasteiger partial charge in [0.1, 0.15) is 6.10 Å². The highest BCUT2D eigenvalue weighted by atomic mass is 28.4. The Balaban J connectivity index is 2.55. The maximum Gasteiger partial charge on any atom is 0.192 e. The molecule has 1 aliphatic rings. The van der Waals surface area contributed by atoms with Gasteiger partial charge in [0.25, 0.3) is 0 Å². The first-order chi connectivity index (χ1) is 10.4. The molecule has 4 heteroatoms. The van der Waals surface area contributed by atoms with Crippen molar-refractivity contribution in [1.82, 2.24) is 0 Å². The molecule has 0 aliphatic carbocycles. The van der Waals surface area contributed by atoms with E-state index in [9.17, 15) is 0 Å². The summed E-state index contributed by atoms with van der Waals surface area (Å²) in [5.41, 5.74) is -0.150. The lowest BCUT2D eigenvalue weighted by Crippen LogP contribution is -2.41. The molecule has 1 rings (SSSR count). The van der Waals surface area contributed by atoms with Crippen LogP contribution >= 0.6 is 0 Å². The SMILES string of the molecule is CCC(O[Si](CC)(CC)CC)C(C)C=CCC1(C)OC1CO. The maximum atomic E-state index is 9.12. The number of ether oxygens (including phenoxy) is 1. The molecule has 130 valence electrons. The van der Waals surface area contributed by atoms with Crippen molar-refractivity contribution in [3.05, 3.63) is 12.2 Å². The highest BCUT2D eigenvalue weighted by molar-refractivity contribution is 6.73. The Morgan fingerprint density at radius 3 is 2.23 bits per heavy atom. The average molecular weight is 329 g/mol. The fourth-order valence-corrected chi connectivity index (χ4v) is 6.25. The van der Waals surface area contributed by atoms with Gasteiger partial charge in [0.15, 0.2) is 8.32 Å². The van der Waals surface area contributed by atoms with Crippen molar-refractivity contribution in [3.63, 3.8) is 0 Å². The molecule has 0 spiro atoms. The molecule has 1 N–H and O–H groups in total. The molecule has 0 amide bonds. The summed E-state index contributed by atoms with van der Waals surface area (Å²) in [4.78, 5) is 0. The number of rotatable bonds is 11. The van der Waals surface area contributed by atoms with E-state index in [-0.39, 0.29) is 18.3 Å². The zero-order valence-electron chi connectivity index (χ0n) is 15.4. The fourth-order valence-electron chi connectivity index (χ4n) is 3.23. The van der Waals surface area contributed by atoms with E-state index in [1.54, 1.807) is 0 Å². The molecule has 1 heterocycles. The van der Waals surface area contributed by atoms with Crippen molar-refractivity contribution in [2.75, 3.05) is 6.61 Å². The van der Waals surface area contributed by atoms with Crippen molar-refractivity contribution in [1.29, 1.82) is 0 Å². The van der Waals surface area contributed by atoms with Gasteiger partial charge in [0.05, 0.1) is 18.3 Å². The zero-order valence-corrected chi connectivity index (χ0v) is 16.4. The van der Waals surface area contributed by atoms with Crippen LogP contribution in [0.1, 0.15) is 54.4 Å². The minimum absolute atomic E-state index is 0.0195. The maximum absolute atomic E-state index is 9.12. The van der Waals surface area contributed by atoms with E-state index in [0.29, 0.717) is 12.0 Å². The predicted octanol–water partition coefficient (Wildman–Crippen LogP) is 4.52. The van der Waals surface area contributed by atoms with E-state index in [1.807, 2.05) is 0 Å². The van der Waals surface area contributed by atoms with Crippen LogP contribution in [0.25, 0.3) is 0 Å². The molecule has 0 aromatic heterocycles.